The van der Waals surface area contributed by atoms with Crippen LogP contribution in [0.3, 0.4) is 0 Å². The van der Waals surface area contributed by atoms with Gasteiger partial charge in [0, 0.05) is 30.1 Å². The molecule has 0 unspecified atom stereocenters. The molecule has 0 fully saturated rings. The van der Waals surface area contributed by atoms with Crippen molar-refractivity contribution in [2.45, 2.75) is 13.0 Å². The Morgan fingerprint density at radius 3 is 2.85 bits per heavy atom. The van der Waals surface area contributed by atoms with E-state index >= 15 is 0 Å². The zero-order valence-electron chi connectivity index (χ0n) is 14.3. The second-order valence-electron chi connectivity index (χ2n) is 5.97. The summed E-state index contributed by atoms with van der Waals surface area (Å²) in [6.07, 6.45) is 5.06. The van der Waals surface area contributed by atoms with Crippen LogP contribution in [0.15, 0.2) is 48.9 Å². The second-order valence-corrected chi connectivity index (χ2v) is 5.97. The third kappa shape index (κ3) is 3.26. The molecule has 9 heteroatoms. The summed E-state index contributed by atoms with van der Waals surface area (Å²) in [7, 11) is 0. The first-order valence-corrected chi connectivity index (χ1v) is 8.16. The van der Waals surface area contributed by atoms with Crippen molar-refractivity contribution < 1.29 is 8.78 Å². The van der Waals surface area contributed by atoms with E-state index in [2.05, 4.69) is 25.4 Å². The van der Waals surface area contributed by atoms with Crippen molar-refractivity contribution in [3.63, 3.8) is 0 Å². The van der Waals surface area contributed by atoms with E-state index in [9.17, 15) is 8.78 Å². The number of nitrogen functional groups attached to an aromatic ring is 1. The van der Waals surface area contributed by atoms with Gasteiger partial charge in [0.05, 0.1) is 23.5 Å². The van der Waals surface area contributed by atoms with Gasteiger partial charge < -0.3 is 11.1 Å². The molecule has 1 aromatic carbocycles. The number of aromatic nitrogens is 5. The smallest absolute Gasteiger partial charge is 0.222 e. The van der Waals surface area contributed by atoms with E-state index < -0.39 is 17.7 Å². The van der Waals surface area contributed by atoms with Gasteiger partial charge >= 0.3 is 0 Å². The zero-order valence-corrected chi connectivity index (χ0v) is 14.3. The van der Waals surface area contributed by atoms with Gasteiger partial charge in [-0.25, -0.2) is 23.3 Å². The van der Waals surface area contributed by atoms with E-state index in [1.165, 1.54) is 12.1 Å². The summed E-state index contributed by atoms with van der Waals surface area (Å²) in [5.41, 5.74) is 8.00. The molecule has 27 heavy (non-hydrogen) atoms. The summed E-state index contributed by atoms with van der Waals surface area (Å²) >= 11 is 0. The largest absolute Gasteiger partial charge is 0.368 e. The molecule has 0 aliphatic heterocycles. The second kappa shape index (κ2) is 6.60. The molecular formula is C18H15F2N7. The highest BCUT2D eigenvalue weighted by Crippen LogP contribution is 2.26. The van der Waals surface area contributed by atoms with E-state index in [1.54, 1.807) is 42.2 Å². The van der Waals surface area contributed by atoms with Crippen LogP contribution in [-0.2, 0) is 0 Å². The molecule has 0 aliphatic rings. The molecule has 0 bridgehead atoms. The summed E-state index contributed by atoms with van der Waals surface area (Å²) in [5, 5.41) is 7.30. The highest BCUT2D eigenvalue weighted by molar-refractivity contribution is 5.76. The number of halogens is 2. The molecule has 3 aromatic heterocycles. The number of rotatable bonds is 4. The van der Waals surface area contributed by atoms with Crippen molar-refractivity contribution in [2.24, 2.45) is 0 Å². The number of nitrogens with zero attached hydrogens (tertiary/aromatic N) is 5. The fourth-order valence-corrected chi connectivity index (χ4v) is 2.84. The minimum absolute atomic E-state index is 0.0528. The van der Waals surface area contributed by atoms with Crippen LogP contribution in [-0.4, -0.2) is 24.6 Å². The van der Waals surface area contributed by atoms with Crippen molar-refractivity contribution >= 4 is 17.4 Å². The molecule has 0 saturated carbocycles. The SMILES string of the molecule is C[C@H](Nc1cc(-c2cnn3cccnc23)nc(N)n1)c1ccc(F)cc1F. The molecule has 136 valence electrons. The molecule has 1 atom stereocenters. The third-order valence-corrected chi connectivity index (χ3v) is 4.09. The topological polar surface area (TPSA) is 94.0 Å². The number of hydrogen-bond donors (Lipinski definition) is 2. The number of anilines is 2. The van der Waals surface area contributed by atoms with Crippen LogP contribution in [0.5, 0.6) is 0 Å². The minimum Gasteiger partial charge on any atom is -0.368 e. The predicted octanol–water partition coefficient (Wildman–Crippen LogP) is 3.22. The molecule has 0 radical (unpaired) electrons. The molecule has 0 spiro atoms. The maximum Gasteiger partial charge on any atom is 0.222 e. The van der Waals surface area contributed by atoms with E-state index in [1.807, 2.05) is 0 Å². The lowest BCUT2D eigenvalue weighted by molar-refractivity contribution is 0.566. The molecule has 4 aromatic rings. The van der Waals surface area contributed by atoms with Gasteiger partial charge in [0.1, 0.15) is 17.5 Å². The molecule has 0 aliphatic carbocycles. The first-order valence-electron chi connectivity index (χ1n) is 8.16. The lowest BCUT2D eigenvalue weighted by Gasteiger charge is -2.16. The maximum absolute atomic E-state index is 14.0. The summed E-state index contributed by atoms with van der Waals surface area (Å²) in [4.78, 5) is 12.7. The van der Waals surface area contributed by atoms with Gasteiger partial charge in [-0.3, -0.25) is 0 Å². The van der Waals surface area contributed by atoms with Crippen molar-refractivity contribution in [2.75, 3.05) is 11.1 Å². The molecule has 3 heterocycles. The van der Waals surface area contributed by atoms with Gasteiger partial charge in [-0.1, -0.05) is 6.07 Å². The molecule has 3 N–H and O–H groups in total. The van der Waals surface area contributed by atoms with Crippen LogP contribution in [0.2, 0.25) is 0 Å². The van der Waals surface area contributed by atoms with Crippen LogP contribution < -0.4 is 11.1 Å². The Balaban J connectivity index is 1.68. The Morgan fingerprint density at radius 1 is 1.19 bits per heavy atom. The average Bonchev–Trinajstić information content (AvgIpc) is 3.05. The fraction of sp³-hybridized carbons (Fsp3) is 0.111. The summed E-state index contributed by atoms with van der Waals surface area (Å²) < 4.78 is 28.7. The van der Waals surface area contributed by atoms with Crippen LogP contribution >= 0.6 is 0 Å². The number of hydrogen-bond acceptors (Lipinski definition) is 6. The zero-order chi connectivity index (χ0) is 19.0. The van der Waals surface area contributed by atoms with Crippen molar-refractivity contribution in [3.8, 4) is 11.3 Å². The molecular weight excluding hydrogens is 352 g/mol. The normalized spacial score (nSPS) is 12.3. The molecule has 7 nitrogen and oxygen atoms in total. The fourth-order valence-electron chi connectivity index (χ4n) is 2.84. The number of fused-ring (bicyclic) bond motifs is 1. The van der Waals surface area contributed by atoms with Crippen LogP contribution in [0.1, 0.15) is 18.5 Å². The summed E-state index contributed by atoms with van der Waals surface area (Å²) in [6.45, 7) is 1.74. The van der Waals surface area contributed by atoms with Crippen LogP contribution in [0.4, 0.5) is 20.5 Å². The lowest BCUT2D eigenvalue weighted by Crippen LogP contribution is -2.11. The Morgan fingerprint density at radius 2 is 2.04 bits per heavy atom. The van der Waals surface area contributed by atoms with Gasteiger partial charge in [0.2, 0.25) is 5.95 Å². The first kappa shape index (κ1) is 16.8. The van der Waals surface area contributed by atoms with Gasteiger partial charge in [-0.2, -0.15) is 10.1 Å². The van der Waals surface area contributed by atoms with Gasteiger partial charge in [0.25, 0.3) is 0 Å². The molecule has 0 saturated heterocycles. The Labute approximate surface area is 152 Å². The van der Waals surface area contributed by atoms with Crippen molar-refractivity contribution in [3.05, 3.63) is 66.1 Å². The van der Waals surface area contributed by atoms with Gasteiger partial charge in [-0.15, -0.1) is 0 Å². The molecule has 0 amide bonds. The number of nitrogens with one attached hydrogen (secondary N) is 1. The van der Waals surface area contributed by atoms with E-state index in [0.717, 1.165) is 6.07 Å². The lowest BCUT2D eigenvalue weighted by atomic mass is 10.1. The molecule has 4 rings (SSSR count). The Hall–Kier alpha value is -3.62. The van der Waals surface area contributed by atoms with E-state index in [0.29, 0.717) is 28.3 Å². The Kier molecular flexibility index (Phi) is 4.11. The maximum atomic E-state index is 14.0. The highest BCUT2D eigenvalue weighted by Gasteiger charge is 2.15. The van der Waals surface area contributed by atoms with Gasteiger partial charge in [0.15, 0.2) is 5.65 Å². The van der Waals surface area contributed by atoms with Crippen molar-refractivity contribution in [1.29, 1.82) is 0 Å². The first-order chi connectivity index (χ1) is 13.0. The van der Waals surface area contributed by atoms with E-state index in [4.69, 9.17) is 5.73 Å². The highest BCUT2D eigenvalue weighted by atomic mass is 19.1. The Bertz CT molecular complexity index is 1130. The summed E-state index contributed by atoms with van der Waals surface area (Å²) in [5.74, 6) is -0.803. The summed E-state index contributed by atoms with van der Waals surface area (Å²) in [6, 6.07) is 6.43. The standard InChI is InChI=1S/C18H15F2N7/c1-10(12-4-3-11(19)7-14(12)20)24-16-8-15(25-18(21)26-16)13-9-23-27-6-2-5-22-17(13)27/h2-10H,1H3,(H3,21,24,25,26)/t10-/m0/s1. The van der Waals surface area contributed by atoms with Crippen LogP contribution in [0.25, 0.3) is 16.9 Å². The predicted molar refractivity (Wildman–Crippen MR) is 96.8 cm³/mol. The van der Waals surface area contributed by atoms with E-state index in [-0.39, 0.29) is 5.95 Å². The number of nitrogens with two attached hydrogens (primary N) is 1. The van der Waals surface area contributed by atoms with Gasteiger partial charge in [-0.05, 0) is 19.1 Å². The monoisotopic (exact) mass is 367 g/mol. The quantitative estimate of drug-likeness (QED) is 0.575. The van der Waals surface area contributed by atoms with Crippen LogP contribution in [0, 0.1) is 11.6 Å². The average molecular weight is 367 g/mol. The minimum atomic E-state index is -0.635. The third-order valence-electron chi connectivity index (χ3n) is 4.09. The van der Waals surface area contributed by atoms with Crippen molar-refractivity contribution in [1.82, 2.24) is 24.6 Å². The number of benzene rings is 1.